The maximum absolute atomic E-state index is 12.1. The molecule has 0 fully saturated rings. The van der Waals surface area contributed by atoms with E-state index in [0.717, 1.165) is 0 Å². The number of sulfonamides is 1. The second kappa shape index (κ2) is 6.49. The van der Waals surface area contributed by atoms with Crippen LogP contribution in [-0.4, -0.2) is 26.9 Å². The van der Waals surface area contributed by atoms with Gasteiger partial charge in [-0.05, 0) is 38.5 Å². The van der Waals surface area contributed by atoms with Crippen LogP contribution in [0, 0.1) is 6.92 Å². The normalized spacial score (nSPS) is 11.6. The Labute approximate surface area is 122 Å². The van der Waals surface area contributed by atoms with Gasteiger partial charge in [-0.2, -0.15) is 0 Å². The maximum Gasteiger partial charge on any atom is 0.241 e. The molecule has 0 heterocycles. The zero-order valence-electron chi connectivity index (χ0n) is 11.0. The van der Waals surface area contributed by atoms with Gasteiger partial charge in [0.15, 0.2) is 0 Å². The molecule has 1 aromatic rings. The van der Waals surface area contributed by atoms with Gasteiger partial charge < -0.3 is 5.32 Å². The Morgan fingerprint density at radius 3 is 2.58 bits per heavy atom. The van der Waals surface area contributed by atoms with Gasteiger partial charge in [0.05, 0.1) is 11.4 Å². The van der Waals surface area contributed by atoms with Gasteiger partial charge >= 0.3 is 0 Å². The van der Waals surface area contributed by atoms with Gasteiger partial charge in [0.25, 0.3) is 0 Å². The van der Waals surface area contributed by atoms with Crippen LogP contribution in [-0.2, 0) is 14.8 Å². The van der Waals surface area contributed by atoms with E-state index in [1.54, 1.807) is 19.1 Å². The van der Waals surface area contributed by atoms with E-state index in [-0.39, 0.29) is 23.4 Å². The highest BCUT2D eigenvalue weighted by atomic mass is 79.9. The lowest BCUT2D eigenvalue weighted by Crippen LogP contribution is -2.39. The Bertz CT molecular complexity index is 570. The lowest BCUT2D eigenvalue weighted by atomic mass is 10.2. The number of hydrogen-bond donors (Lipinski definition) is 2. The van der Waals surface area contributed by atoms with Gasteiger partial charge in [0.1, 0.15) is 0 Å². The van der Waals surface area contributed by atoms with Crippen LogP contribution in [0.5, 0.6) is 0 Å². The fourth-order valence-electron chi connectivity index (χ4n) is 1.47. The zero-order chi connectivity index (χ0) is 14.6. The molecule has 0 aliphatic heterocycles. The topological polar surface area (TPSA) is 75.3 Å². The largest absolute Gasteiger partial charge is 0.353 e. The number of carbonyl (C=O) groups is 1. The van der Waals surface area contributed by atoms with E-state index in [4.69, 9.17) is 0 Å². The predicted molar refractivity (Wildman–Crippen MR) is 77.3 cm³/mol. The van der Waals surface area contributed by atoms with Crippen molar-refractivity contribution in [1.82, 2.24) is 10.0 Å². The van der Waals surface area contributed by atoms with Crippen molar-refractivity contribution in [3.63, 3.8) is 0 Å². The van der Waals surface area contributed by atoms with Gasteiger partial charge in [-0.15, -0.1) is 0 Å². The summed E-state index contributed by atoms with van der Waals surface area (Å²) in [6.07, 6.45) is 0. The van der Waals surface area contributed by atoms with Crippen LogP contribution >= 0.6 is 15.9 Å². The molecule has 0 spiro atoms. The van der Waals surface area contributed by atoms with E-state index >= 15 is 0 Å². The third-order valence-corrected chi connectivity index (χ3v) is 4.35. The van der Waals surface area contributed by atoms with Crippen LogP contribution in [0.3, 0.4) is 0 Å². The lowest BCUT2D eigenvalue weighted by Gasteiger charge is -2.11. The standard InChI is InChI=1S/C12H17BrN2O3S/c1-8(2)15-12(16)7-14-19(17,18)11-6-10(13)5-4-9(11)3/h4-6,8,14H,7H2,1-3H3,(H,15,16). The summed E-state index contributed by atoms with van der Waals surface area (Å²) in [5.41, 5.74) is 0.625. The number of hydrogen-bond acceptors (Lipinski definition) is 3. The molecule has 1 aromatic carbocycles. The fourth-order valence-corrected chi connectivity index (χ4v) is 3.24. The Morgan fingerprint density at radius 2 is 2.00 bits per heavy atom. The molecule has 1 amide bonds. The smallest absolute Gasteiger partial charge is 0.241 e. The average molecular weight is 349 g/mol. The van der Waals surface area contributed by atoms with Gasteiger partial charge in [0.2, 0.25) is 15.9 Å². The van der Waals surface area contributed by atoms with Crippen molar-refractivity contribution in [2.45, 2.75) is 31.7 Å². The van der Waals surface area contributed by atoms with E-state index in [2.05, 4.69) is 26.0 Å². The third kappa shape index (κ3) is 4.93. The fraction of sp³-hybridized carbons (Fsp3) is 0.417. The van der Waals surface area contributed by atoms with Crippen LogP contribution in [0.4, 0.5) is 0 Å². The molecule has 0 bridgehead atoms. The van der Waals surface area contributed by atoms with Crippen molar-refractivity contribution in [3.05, 3.63) is 28.2 Å². The second-order valence-electron chi connectivity index (χ2n) is 4.46. The number of nitrogens with one attached hydrogen (secondary N) is 2. The minimum Gasteiger partial charge on any atom is -0.353 e. The van der Waals surface area contributed by atoms with E-state index < -0.39 is 10.0 Å². The summed E-state index contributed by atoms with van der Waals surface area (Å²) in [6.45, 7) is 5.05. The minimum atomic E-state index is -3.69. The van der Waals surface area contributed by atoms with E-state index in [1.165, 1.54) is 6.07 Å². The molecule has 19 heavy (non-hydrogen) atoms. The molecule has 0 aliphatic carbocycles. The summed E-state index contributed by atoms with van der Waals surface area (Å²) in [5, 5.41) is 2.62. The molecule has 0 radical (unpaired) electrons. The average Bonchev–Trinajstić information content (AvgIpc) is 2.29. The molecule has 5 nitrogen and oxygen atoms in total. The number of carbonyl (C=O) groups excluding carboxylic acids is 1. The first-order valence-electron chi connectivity index (χ1n) is 5.77. The first-order chi connectivity index (χ1) is 8.72. The molecule has 0 aromatic heterocycles. The highest BCUT2D eigenvalue weighted by molar-refractivity contribution is 9.10. The van der Waals surface area contributed by atoms with Crippen LogP contribution < -0.4 is 10.0 Å². The first-order valence-corrected chi connectivity index (χ1v) is 8.05. The van der Waals surface area contributed by atoms with E-state index in [9.17, 15) is 13.2 Å². The van der Waals surface area contributed by atoms with E-state index in [0.29, 0.717) is 10.0 Å². The van der Waals surface area contributed by atoms with Crippen molar-refractivity contribution in [2.75, 3.05) is 6.54 Å². The van der Waals surface area contributed by atoms with Crippen LogP contribution in [0.25, 0.3) is 0 Å². The highest BCUT2D eigenvalue weighted by Gasteiger charge is 2.18. The molecule has 0 unspecified atom stereocenters. The summed E-state index contributed by atoms with van der Waals surface area (Å²) in [6, 6.07) is 4.95. The van der Waals surface area contributed by atoms with Crippen LogP contribution in [0.1, 0.15) is 19.4 Å². The quantitative estimate of drug-likeness (QED) is 0.847. The predicted octanol–water partition coefficient (Wildman–Crippen LogP) is 1.56. The molecule has 0 saturated carbocycles. The molecule has 7 heteroatoms. The van der Waals surface area contributed by atoms with Crippen molar-refractivity contribution < 1.29 is 13.2 Å². The summed E-state index contributed by atoms with van der Waals surface area (Å²) in [7, 11) is -3.69. The minimum absolute atomic E-state index is 0.0235. The summed E-state index contributed by atoms with van der Waals surface area (Å²) >= 11 is 3.23. The maximum atomic E-state index is 12.1. The Morgan fingerprint density at radius 1 is 1.37 bits per heavy atom. The lowest BCUT2D eigenvalue weighted by molar-refractivity contribution is -0.120. The Balaban J connectivity index is 2.82. The Kier molecular flexibility index (Phi) is 5.51. The highest BCUT2D eigenvalue weighted by Crippen LogP contribution is 2.20. The SMILES string of the molecule is Cc1ccc(Br)cc1S(=O)(=O)NCC(=O)NC(C)C. The third-order valence-electron chi connectivity index (χ3n) is 2.31. The number of benzene rings is 1. The van der Waals surface area contributed by atoms with Gasteiger partial charge in [-0.3, -0.25) is 4.79 Å². The molecule has 0 aliphatic rings. The van der Waals surface area contributed by atoms with Crippen LogP contribution in [0.2, 0.25) is 0 Å². The van der Waals surface area contributed by atoms with Gasteiger partial charge in [-0.25, -0.2) is 13.1 Å². The number of rotatable bonds is 5. The number of amides is 1. The number of halogens is 1. The first kappa shape index (κ1) is 16.1. The van der Waals surface area contributed by atoms with Crippen LogP contribution in [0.15, 0.2) is 27.6 Å². The Hall–Kier alpha value is -0.920. The molecule has 1 rings (SSSR count). The summed E-state index contributed by atoms with van der Waals surface area (Å²) in [5.74, 6) is -0.355. The molecular formula is C12H17BrN2O3S. The van der Waals surface area contributed by atoms with Crippen molar-refractivity contribution in [3.8, 4) is 0 Å². The van der Waals surface area contributed by atoms with Crippen molar-refractivity contribution >= 4 is 31.9 Å². The van der Waals surface area contributed by atoms with Crippen molar-refractivity contribution in [1.29, 1.82) is 0 Å². The zero-order valence-corrected chi connectivity index (χ0v) is 13.4. The van der Waals surface area contributed by atoms with Gasteiger partial charge in [0, 0.05) is 10.5 Å². The van der Waals surface area contributed by atoms with Gasteiger partial charge in [-0.1, -0.05) is 22.0 Å². The second-order valence-corrected chi connectivity index (χ2v) is 7.11. The summed E-state index contributed by atoms with van der Waals surface area (Å²) in [4.78, 5) is 11.6. The molecular weight excluding hydrogens is 332 g/mol. The molecule has 106 valence electrons. The number of aryl methyl sites for hydroxylation is 1. The molecule has 0 saturated heterocycles. The molecule has 2 N–H and O–H groups in total. The molecule has 0 atom stereocenters. The summed E-state index contributed by atoms with van der Waals surface area (Å²) < 4.78 is 27.1. The monoisotopic (exact) mass is 348 g/mol. The van der Waals surface area contributed by atoms with Crippen molar-refractivity contribution in [2.24, 2.45) is 0 Å². The van der Waals surface area contributed by atoms with E-state index in [1.807, 2.05) is 13.8 Å².